The van der Waals surface area contributed by atoms with Gasteiger partial charge in [-0.05, 0) is 19.4 Å². The summed E-state index contributed by atoms with van der Waals surface area (Å²) in [5, 5.41) is 0.584. The lowest BCUT2D eigenvalue weighted by Gasteiger charge is -2.13. The maximum atomic E-state index is 5.90. The molecule has 0 aliphatic carbocycles. The number of imidazole rings is 1. The Morgan fingerprint density at radius 1 is 1.56 bits per heavy atom. The molecule has 5 heteroatoms. The van der Waals surface area contributed by atoms with Crippen molar-refractivity contribution in [3.05, 3.63) is 17.3 Å². The van der Waals surface area contributed by atoms with E-state index in [1.807, 2.05) is 4.57 Å². The first-order valence-corrected chi connectivity index (χ1v) is 5.80. The smallest absolute Gasteiger partial charge is 0.202 e. The number of anilines is 1. The zero-order valence-corrected chi connectivity index (χ0v) is 10.2. The normalized spacial score (nSPS) is 13.2. The van der Waals surface area contributed by atoms with Gasteiger partial charge < -0.3 is 5.73 Å². The van der Waals surface area contributed by atoms with Gasteiger partial charge in [0.1, 0.15) is 5.52 Å². The predicted octanol–water partition coefficient (Wildman–Crippen LogP) is 3.03. The van der Waals surface area contributed by atoms with Gasteiger partial charge in [0.05, 0.1) is 5.02 Å². The Morgan fingerprint density at radius 2 is 2.31 bits per heavy atom. The van der Waals surface area contributed by atoms with Gasteiger partial charge in [0.25, 0.3) is 0 Å². The molecular formula is C11H15ClN4. The average molecular weight is 239 g/mol. The summed E-state index contributed by atoms with van der Waals surface area (Å²) in [5.74, 6) is 0.505. The van der Waals surface area contributed by atoms with Gasteiger partial charge in [-0.25, -0.2) is 9.97 Å². The zero-order chi connectivity index (χ0) is 11.7. The van der Waals surface area contributed by atoms with Crippen LogP contribution in [0.5, 0.6) is 0 Å². The van der Waals surface area contributed by atoms with Crippen molar-refractivity contribution in [3.63, 3.8) is 0 Å². The Labute approximate surface area is 99.4 Å². The van der Waals surface area contributed by atoms with Crippen molar-refractivity contribution in [2.75, 3.05) is 5.73 Å². The molecule has 0 amide bonds. The lowest BCUT2D eigenvalue weighted by atomic mass is 10.2. The molecule has 2 rings (SSSR count). The summed E-state index contributed by atoms with van der Waals surface area (Å²) in [7, 11) is 0. The van der Waals surface area contributed by atoms with E-state index >= 15 is 0 Å². The quantitative estimate of drug-likeness (QED) is 0.894. The highest BCUT2D eigenvalue weighted by Crippen LogP contribution is 2.25. The van der Waals surface area contributed by atoms with Crippen LogP contribution in [-0.4, -0.2) is 14.5 Å². The van der Waals surface area contributed by atoms with Gasteiger partial charge in [-0.15, -0.1) is 0 Å². The summed E-state index contributed by atoms with van der Waals surface area (Å²) in [6.45, 7) is 4.27. The van der Waals surface area contributed by atoms with Crippen LogP contribution in [0.1, 0.15) is 32.7 Å². The number of pyridine rings is 1. The molecule has 4 nitrogen and oxygen atoms in total. The van der Waals surface area contributed by atoms with E-state index in [9.17, 15) is 0 Å². The molecule has 0 radical (unpaired) electrons. The minimum atomic E-state index is 0.309. The van der Waals surface area contributed by atoms with Gasteiger partial charge in [0, 0.05) is 12.2 Å². The van der Waals surface area contributed by atoms with Crippen molar-refractivity contribution in [2.45, 2.75) is 32.7 Å². The van der Waals surface area contributed by atoms with Crippen molar-refractivity contribution in [1.29, 1.82) is 0 Å². The highest BCUT2D eigenvalue weighted by Gasteiger charge is 2.14. The summed E-state index contributed by atoms with van der Waals surface area (Å²) in [5.41, 5.74) is 7.47. The van der Waals surface area contributed by atoms with Crippen molar-refractivity contribution in [1.82, 2.24) is 14.5 Å². The third-order valence-corrected chi connectivity index (χ3v) is 2.88. The fourth-order valence-corrected chi connectivity index (χ4v) is 2.11. The molecule has 0 bridgehead atoms. The molecule has 0 aliphatic rings. The van der Waals surface area contributed by atoms with Crippen molar-refractivity contribution in [2.24, 2.45) is 0 Å². The summed E-state index contributed by atoms with van der Waals surface area (Å²) in [6.07, 6.45) is 3.79. The van der Waals surface area contributed by atoms with E-state index in [-0.39, 0.29) is 0 Å². The minimum Gasteiger partial charge on any atom is -0.369 e. The fraction of sp³-hybridized carbons (Fsp3) is 0.455. The first-order valence-electron chi connectivity index (χ1n) is 5.42. The molecule has 0 saturated heterocycles. The second-order valence-electron chi connectivity index (χ2n) is 3.97. The second-order valence-corrected chi connectivity index (χ2v) is 4.41. The van der Waals surface area contributed by atoms with Gasteiger partial charge in [-0.1, -0.05) is 24.9 Å². The number of hydrogen-bond acceptors (Lipinski definition) is 3. The molecule has 0 fully saturated rings. The summed E-state index contributed by atoms with van der Waals surface area (Å²) in [6, 6.07) is 2.10. The Bertz CT molecular complexity index is 506. The maximum absolute atomic E-state index is 5.90. The Balaban J connectivity index is 2.55. The maximum Gasteiger partial charge on any atom is 0.202 e. The summed E-state index contributed by atoms with van der Waals surface area (Å²) >= 11 is 5.87. The molecular weight excluding hydrogens is 224 g/mol. The first kappa shape index (κ1) is 11.2. The van der Waals surface area contributed by atoms with Crippen LogP contribution in [0.15, 0.2) is 12.3 Å². The number of halogens is 1. The summed E-state index contributed by atoms with van der Waals surface area (Å²) in [4.78, 5) is 8.56. The molecule has 1 unspecified atom stereocenters. The van der Waals surface area contributed by atoms with Crippen LogP contribution >= 0.6 is 11.6 Å². The van der Waals surface area contributed by atoms with Gasteiger partial charge >= 0.3 is 0 Å². The molecule has 0 spiro atoms. The second kappa shape index (κ2) is 4.29. The van der Waals surface area contributed by atoms with E-state index in [1.54, 1.807) is 12.3 Å². The Hall–Kier alpha value is -1.29. The van der Waals surface area contributed by atoms with Crippen molar-refractivity contribution < 1.29 is 0 Å². The van der Waals surface area contributed by atoms with Crippen LogP contribution in [0.2, 0.25) is 5.02 Å². The number of hydrogen-bond donors (Lipinski definition) is 1. The highest BCUT2D eigenvalue weighted by molar-refractivity contribution is 6.31. The molecule has 0 aromatic carbocycles. The van der Waals surface area contributed by atoms with Gasteiger partial charge in [0.2, 0.25) is 5.95 Å². The van der Waals surface area contributed by atoms with E-state index < -0.39 is 0 Å². The van der Waals surface area contributed by atoms with Crippen LogP contribution < -0.4 is 5.73 Å². The number of rotatable bonds is 3. The highest BCUT2D eigenvalue weighted by atomic mass is 35.5. The molecule has 1 atom stereocenters. The number of aromatic nitrogens is 3. The molecule has 0 saturated carbocycles. The number of fused-ring (bicyclic) bond motifs is 1. The molecule has 2 heterocycles. The molecule has 0 aliphatic heterocycles. The molecule has 2 aromatic rings. The van der Waals surface area contributed by atoms with E-state index in [0.717, 1.165) is 24.0 Å². The predicted molar refractivity (Wildman–Crippen MR) is 66.6 cm³/mol. The lowest BCUT2D eigenvalue weighted by Crippen LogP contribution is -2.09. The van der Waals surface area contributed by atoms with E-state index in [1.165, 1.54) is 0 Å². The molecule has 2 N–H and O–H groups in total. The standard InChI is InChI=1S/C11H15ClN4/c1-3-4-7(2)16-10-9(15-11(16)13)5-8(12)6-14-10/h5-7H,3-4H2,1-2H3,(H2,13,15). The topological polar surface area (TPSA) is 56.7 Å². The lowest BCUT2D eigenvalue weighted by molar-refractivity contribution is 0.516. The monoisotopic (exact) mass is 238 g/mol. The third kappa shape index (κ3) is 1.85. The number of nitrogens with zero attached hydrogens (tertiary/aromatic N) is 3. The van der Waals surface area contributed by atoms with Crippen LogP contribution in [0.3, 0.4) is 0 Å². The summed E-state index contributed by atoms with van der Waals surface area (Å²) < 4.78 is 1.97. The number of nitrogen functional groups attached to an aromatic ring is 1. The minimum absolute atomic E-state index is 0.309. The zero-order valence-electron chi connectivity index (χ0n) is 9.44. The SMILES string of the molecule is CCCC(C)n1c(N)nc2cc(Cl)cnc21. The average Bonchev–Trinajstić information content (AvgIpc) is 2.53. The van der Waals surface area contributed by atoms with Gasteiger partial charge in [0.15, 0.2) is 5.65 Å². The van der Waals surface area contributed by atoms with E-state index in [0.29, 0.717) is 17.0 Å². The van der Waals surface area contributed by atoms with Crippen molar-refractivity contribution in [3.8, 4) is 0 Å². The molecule has 86 valence electrons. The molecule has 16 heavy (non-hydrogen) atoms. The Morgan fingerprint density at radius 3 is 3.00 bits per heavy atom. The van der Waals surface area contributed by atoms with Gasteiger partial charge in [-0.3, -0.25) is 4.57 Å². The number of nitrogens with two attached hydrogens (primary N) is 1. The van der Waals surface area contributed by atoms with Crippen LogP contribution in [0.4, 0.5) is 5.95 Å². The Kier molecular flexibility index (Phi) is 3.01. The van der Waals surface area contributed by atoms with Crippen LogP contribution in [-0.2, 0) is 0 Å². The van der Waals surface area contributed by atoms with Crippen LogP contribution in [0.25, 0.3) is 11.2 Å². The fourth-order valence-electron chi connectivity index (χ4n) is 1.96. The van der Waals surface area contributed by atoms with E-state index in [2.05, 4.69) is 23.8 Å². The molecule has 2 aromatic heterocycles. The van der Waals surface area contributed by atoms with Crippen molar-refractivity contribution >= 4 is 28.7 Å². The first-order chi connectivity index (χ1) is 7.63. The van der Waals surface area contributed by atoms with Gasteiger partial charge in [-0.2, -0.15) is 0 Å². The van der Waals surface area contributed by atoms with Crippen LogP contribution in [0, 0.1) is 0 Å². The largest absolute Gasteiger partial charge is 0.369 e. The third-order valence-electron chi connectivity index (χ3n) is 2.67. The van der Waals surface area contributed by atoms with E-state index in [4.69, 9.17) is 17.3 Å².